The zero-order chi connectivity index (χ0) is 19.2. The Labute approximate surface area is 159 Å². The summed E-state index contributed by atoms with van der Waals surface area (Å²) in [6.45, 7) is 0.764. The molecule has 3 rings (SSSR count). The Hall–Kier alpha value is -2.57. The Morgan fingerprint density at radius 1 is 1.26 bits per heavy atom. The van der Waals surface area contributed by atoms with Crippen LogP contribution in [-0.4, -0.2) is 33.9 Å². The normalized spacial score (nSPS) is 14.4. The number of amides is 1. The van der Waals surface area contributed by atoms with Crippen LogP contribution in [0.1, 0.15) is 38.5 Å². The molecule has 146 valence electrons. The van der Waals surface area contributed by atoms with E-state index in [1.807, 2.05) is 24.3 Å². The molecule has 0 saturated heterocycles. The molecule has 0 unspecified atom stereocenters. The van der Waals surface area contributed by atoms with Crippen molar-refractivity contribution in [3.8, 4) is 17.1 Å². The van der Waals surface area contributed by atoms with Crippen molar-refractivity contribution in [3.05, 3.63) is 34.7 Å². The minimum absolute atomic E-state index is 0.0567. The zero-order valence-electron chi connectivity index (χ0n) is 16.1. The third kappa shape index (κ3) is 4.78. The summed E-state index contributed by atoms with van der Waals surface area (Å²) in [5, 5.41) is 7.32. The van der Waals surface area contributed by atoms with E-state index in [-0.39, 0.29) is 11.6 Å². The number of carbonyl (C=O) groups excluding carboxylic acids is 1. The number of nitrogens with zero attached hydrogens (tertiary/aromatic N) is 3. The number of hydrogen-bond donors (Lipinski definition) is 1. The number of ether oxygens (including phenoxy) is 1. The quantitative estimate of drug-likeness (QED) is 0.771. The van der Waals surface area contributed by atoms with Crippen LogP contribution in [0.15, 0.2) is 29.1 Å². The maximum absolute atomic E-state index is 12.4. The Morgan fingerprint density at radius 2 is 1.96 bits per heavy atom. The van der Waals surface area contributed by atoms with Gasteiger partial charge in [-0.25, -0.2) is 9.48 Å². The summed E-state index contributed by atoms with van der Waals surface area (Å²) < 4.78 is 8.07. The van der Waals surface area contributed by atoms with Crippen molar-refractivity contribution in [1.82, 2.24) is 19.7 Å². The van der Waals surface area contributed by atoms with E-state index in [1.54, 1.807) is 14.2 Å². The molecule has 0 radical (unpaired) electrons. The molecule has 1 aliphatic carbocycles. The second-order valence-corrected chi connectivity index (χ2v) is 7.16. The zero-order valence-corrected chi connectivity index (χ0v) is 16.1. The third-order valence-electron chi connectivity index (χ3n) is 5.29. The largest absolute Gasteiger partial charge is 0.497 e. The van der Waals surface area contributed by atoms with E-state index in [2.05, 4.69) is 10.4 Å². The topological polar surface area (TPSA) is 78.2 Å². The van der Waals surface area contributed by atoms with Gasteiger partial charge in [-0.1, -0.05) is 25.7 Å². The van der Waals surface area contributed by atoms with Gasteiger partial charge in [-0.3, -0.25) is 9.36 Å². The van der Waals surface area contributed by atoms with Gasteiger partial charge in [-0.2, -0.15) is 0 Å². The summed E-state index contributed by atoms with van der Waals surface area (Å²) in [7, 11) is 3.31. The van der Waals surface area contributed by atoms with Gasteiger partial charge in [-0.05, 0) is 36.6 Å². The van der Waals surface area contributed by atoms with Crippen LogP contribution in [0.5, 0.6) is 5.75 Å². The third-order valence-corrected chi connectivity index (χ3v) is 5.29. The molecule has 0 spiro atoms. The fourth-order valence-electron chi connectivity index (χ4n) is 3.65. The van der Waals surface area contributed by atoms with Crippen LogP contribution in [0.4, 0.5) is 0 Å². The van der Waals surface area contributed by atoms with Gasteiger partial charge < -0.3 is 10.1 Å². The highest BCUT2D eigenvalue weighted by molar-refractivity contribution is 5.75. The van der Waals surface area contributed by atoms with Crippen molar-refractivity contribution in [2.24, 2.45) is 13.0 Å². The maximum atomic E-state index is 12.4. The molecule has 1 amide bonds. The highest BCUT2D eigenvalue weighted by Crippen LogP contribution is 2.28. The summed E-state index contributed by atoms with van der Waals surface area (Å²) in [5.41, 5.74) is 0.649. The fourth-order valence-corrected chi connectivity index (χ4v) is 3.65. The molecular formula is C20H28N4O3. The smallest absolute Gasteiger partial charge is 0.345 e. The predicted octanol–water partition coefficient (Wildman–Crippen LogP) is 2.34. The lowest BCUT2D eigenvalue weighted by Crippen LogP contribution is -2.31. The monoisotopic (exact) mass is 372 g/mol. The molecule has 1 fully saturated rings. The van der Waals surface area contributed by atoms with Gasteiger partial charge in [0.25, 0.3) is 0 Å². The number of nitrogens with one attached hydrogen (secondary N) is 1. The molecule has 1 aromatic carbocycles. The molecule has 0 atom stereocenters. The number of benzene rings is 1. The molecule has 0 bridgehead atoms. The molecule has 7 nitrogen and oxygen atoms in total. The van der Waals surface area contributed by atoms with Crippen molar-refractivity contribution in [2.45, 2.75) is 45.1 Å². The minimum atomic E-state index is -0.193. The lowest BCUT2D eigenvalue weighted by molar-refractivity contribution is -0.121. The van der Waals surface area contributed by atoms with Crippen molar-refractivity contribution in [3.63, 3.8) is 0 Å². The van der Waals surface area contributed by atoms with Gasteiger partial charge in [-0.15, -0.1) is 5.10 Å². The van der Waals surface area contributed by atoms with E-state index < -0.39 is 0 Å². The Bertz CT molecular complexity index is 817. The van der Waals surface area contributed by atoms with Crippen molar-refractivity contribution in [2.75, 3.05) is 13.7 Å². The van der Waals surface area contributed by atoms with Crippen LogP contribution in [0, 0.1) is 5.92 Å². The summed E-state index contributed by atoms with van der Waals surface area (Å²) in [6.07, 6.45) is 6.64. The number of carbonyl (C=O) groups is 1. The van der Waals surface area contributed by atoms with E-state index in [9.17, 15) is 9.59 Å². The maximum Gasteiger partial charge on any atom is 0.345 e. The first kappa shape index (κ1) is 19.2. The fraction of sp³-hybridized carbons (Fsp3) is 0.550. The van der Waals surface area contributed by atoms with Gasteiger partial charge in [0, 0.05) is 25.6 Å². The molecule has 2 aromatic rings. The molecular weight excluding hydrogens is 344 g/mol. The van der Waals surface area contributed by atoms with Crippen molar-refractivity contribution < 1.29 is 9.53 Å². The van der Waals surface area contributed by atoms with Crippen molar-refractivity contribution >= 4 is 5.91 Å². The molecule has 1 aliphatic rings. The second kappa shape index (κ2) is 8.88. The van der Waals surface area contributed by atoms with Crippen LogP contribution in [-0.2, 0) is 18.4 Å². The molecule has 1 heterocycles. The highest BCUT2D eigenvalue weighted by Gasteiger charge is 2.16. The first-order valence-corrected chi connectivity index (χ1v) is 9.63. The van der Waals surface area contributed by atoms with Crippen molar-refractivity contribution in [1.29, 1.82) is 0 Å². The SMILES string of the molecule is COc1ccc(-c2nn(CCNC(=O)CCC3CCCC3)c(=O)n2C)cc1. The summed E-state index contributed by atoms with van der Waals surface area (Å²) in [4.78, 5) is 24.4. The molecule has 7 heteroatoms. The average molecular weight is 372 g/mol. The van der Waals surface area contributed by atoms with Crippen LogP contribution < -0.4 is 15.7 Å². The van der Waals surface area contributed by atoms with Gasteiger partial charge in [0.2, 0.25) is 5.91 Å². The van der Waals surface area contributed by atoms with E-state index in [0.717, 1.165) is 17.7 Å². The standard InChI is InChI=1S/C20H28N4O3/c1-23-19(16-8-10-17(27-2)11-9-16)22-24(20(23)26)14-13-21-18(25)12-7-15-5-3-4-6-15/h8-11,15H,3-7,12-14H2,1-2H3,(H,21,25). The Balaban J connectivity index is 1.54. The Kier molecular flexibility index (Phi) is 6.32. The lowest BCUT2D eigenvalue weighted by Gasteiger charge is -2.08. The van der Waals surface area contributed by atoms with Crippen LogP contribution in [0.25, 0.3) is 11.4 Å². The lowest BCUT2D eigenvalue weighted by atomic mass is 10.0. The van der Waals surface area contributed by atoms with Crippen LogP contribution in [0.3, 0.4) is 0 Å². The molecule has 27 heavy (non-hydrogen) atoms. The Morgan fingerprint density at radius 3 is 2.63 bits per heavy atom. The number of hydrogen-bond acceptors (Lipinski definition) is 4. The second-order valence-electron chi connectivity index (χ2n) is 7.16. The molecule has 0 aliphatic heterocycles. The first-order valence-electron chi connectivity index (χ1n) is 9.63. The van der Waals surface area contributed by atoms with Gasteiger partial charge in [0.05, 0.1) is 13.7 Å². The average Bonchev–Trinajstić information content (AvgIpc) is 3.30. The van der Waals surface area contributed by atoms with E-state index in [0.29, 0.717) is 31.3 Å². The molecule has 1 saturated carbocycles. The molecule has 1 aromatic heterocycles. The molecule has 1 N–H and O–H groups in total. The van der Waals surface area contributed by atoms with E-state index in [1.165, 1.54) is 34.9 Å². The van der Waals surface area contributed by atoms with Crippen LogP contribution in [0.2, 0.25) is 0 Å². The predicted molar refractivity (Wildman–Crippen MR) is 104 cm³/mol. The van der Waals surface area contributed by atoms with Gasteiger partial charge in [0.15, 0.2) is 5.82 Å². The summed E-state index contributed by atoms with van der Waals surface area (Å²) in [5.74, 6) is 2.11. The number of methoxy groups -OCH3 is 1. The summed E-state index contributed by atoms with van der Waals surface area (Å²) >= 11 is 0. The highest BCUT2D eigenvalue weighted by atomic mass is 16.5. The van der Waals surface area contributed by atoms with Crippen LogP contribution >= 0.6 is 0 Å². The van der Waals surface area contributed by atoms with Gasteiger partial charge >= 0.3 is 5.69 Å². The van der Waals surface area contributed by atoms with Gasteiger partial charge in [0.1, 0.15) is 5.75 Å². The number of rotatable bonds is 8. The number of aromatic nitrogens is 3. The summed E-state index contributed by atoms with van der Waals surface area (Å²) in [6, 6.07) is 7.41. The minimum Gasteiger partial charge on any atom is -0.497 e. The first-order chi connectivity index (χ1) is 13.1. The van der Waals surface area contributed by atoms with E-state index >= 15 is 0 Å². The van der Waals surface area contributed by atoms with E-state index in [4.69, 9.17) is 4.74 Å².